The van der Waals surface area contributed by atoms with Gasteiger partial charge in [0.15, 0.2) is 0 Å². The average molecular weight is 312 g/mol. The van der Waals surface area contributed by atoms with Crippen molar-refractivity contribution in [3.05, 3.63) is 21.9 Å². The van der Waals surface area contributed by atoms with Crippen molar-refractivity contribution in [3.8, 4) is 0 Å². The molecule has 1 aromatic rings. The smallest absolute Gasteiger partial charge is 0.307 e. The van der Waals surface area contributed by atoms with Crippen molar-refractivity contribution < 1.29 is 19.1 Å². The van der Waals surface area contributed by atoms with Crippen LogP contribution in [0.1, 0.15) is 27.9 Å². The van der Waals surface area contributed by atoms with Crippen LogP contribution in [-0.2, 0) is 14.3 Å². The average Bonchev–Trinajstić information content (AvgIpc) is 2.88. The molecule has 1 heterocycles. The number of carbonyl (C=O) groups excluding carboxylic acids is 3. The summed E-state index contributed by atoms with van der Waals surface area (Å²) in [4.78, 5) is 37.8. The molecular weight excluding hydrogens is 292 g/mol. The number of aryl methyl sites for hydroxylation is 1. The van der Waals surface area contributed by atoms with Crippen LogP contribution in [0.15, 0.2) is 12.1 Å². The van der Waals surface area contributed by atoms with Crippen molar-refractivity contribution in [3.63, 3.8) is 0 Å². The number of thiophene rings is 1. The van der Waals surface area contributed by atoms with Crippen molar-refractivity contribution in [2.75, 3.05) is 26.7 Å². The second-order valence-corrected chi connectivity index (χ2v) is 5.75. The maximum Gasteiger partial charge on any atom is 0.307 e. The lowest BCUT2D eigenvalue weighted by Crippen LogP contribution is -2.38. The summed E-state index contributed by atoms with van der Waals surface area (Å²) in [6.45, 7) is 4.15. The van der Waals surface area contributed by atoms with E-state index in [4.69, 9.17) is 4.74 Å². The minimum Gasteiger partial charge on any atom is -0.466 e. The van der Waals surface area contributed by atoms with Gasteiger partial charge in [0.2, 0.25) is 5.91 Å². The number of esters is 1. The maximum atomic E-state index is 11.8. The van der Waals surface area contributed by atoms with Crippen LogP contribution in [0.4, 0.5) is 0 Å². The molecule has 1 N–H and O–H groups in total. The molecule has 0 radical (unpaired) electrons. The van der Waals surface area contributed by atoms with Crippen LogP contribution < -0.4 is 5.32 Å². The number of hydrogen-bond donors (Lipinski definition) is 1. The fourth-order valence-electron chi connectivity index (χ4n) is 1.55. The van der Waals surface area contributed by atoms with Gasteiger partial charge >= 0.3 is 5.97 Å². The second kappa shape index (κ2) is 8.41. The van der Waals surface area contributed by atoms with E-state index in [9.17, 15) is 14.4 Å². The summed E-state index contributed by atoms with van der Waals surface area (Å²) in [6, 6.07) is 3.58. The summed E-state index contributed by atoms with van der Waals surface area (Å²) in [7, 11) is 1.59. The minimum atomic E-state index is -0.338. The molecule has 0 aliphatic carbocycles. The van der Waals surface area contributed by atoms with E-state index < -0.39 is 0 Å². The molecule has 7 heteroatoms. The zero-order valence-corrected chi connectivity index (χ0v) is 13.3. The number of carbonyl (C=O) groups is 3. The van der Waals surface area contributed by atoms with Crippen LogP contribution in [-0.4, -0.2) is 49.4 Å². The summed E-state index contributed by atoms with van der Waals surface area (Å²) in [5, 5.41) is 2.57. The third-order valence-corrected chi connectivity index (χ3v) is 3.75. The molecule has 1 aromatic heterocycles. The van der Waals surface area contributed by atoms with Crippen molar-refractivity contribution in [1.82, 2.24) is 10.2 Å². The van der Waals surface area contributed by atoms with Gasteiger partial charge in [-0.05, 0) is 26.0 Å². The number of likely N-dealkylation sites (N-methyl/N-ethyl adjacent to an activating group) is 1. The molecule has 0 saturated heterocycles. The van der Waals surface area contributed by atoms with Crippen LogP contribution in [0.5, 0.6) is 0 Å². The molecule has 116 valence electrons. The van der Waals surface area contributed by atoms with Gasteiger partial charge in [0.25, 0.3) is 5.91 Å². The molecule has 1 rings (SSSR count). The molecule has 0 aliphatic rings. The van der Waals surface area contributed by atoms with Gasteiger partial charge < -0.3 is 15.0 Å². The van der Waals surface area contributed by atoms with Gasteiger partial charge in [-0.15, -0.1) is 11.3 Å². The Kier molecular flexibility index (Phi) is 6.87. The van der Waals surface area contributed by atoms with E-state index in [2.05, 4.69) is 5.32 Å². The molecule has 0 spiro atoms. The number of ether oxygens (including phenoxy) is 1. The Morgan fingerprint density at radius 3 is 2.62 bits per heavy atom. The molecule has 0 saturated carbocycles. The summed E-state index contributed by atoms with van der Waals surface area (Å²) >= 11 is 1.38. The first-order chi connectivity index (χ1) is 9.93. The Morgan fingerprint density at radius 2 is 2.05 bits per heavy atom. The van der Waals surface area contributed by atoms with Gasteiger partial charge in [-0.1, -0.05) is 0 Å². The van der Waals surface area contributed by atoms with Gasteiger partial charge in [0.1, 0.15) is 0 Å². The number of hydrogen-bond acceptors (Lipinski definition) is 5. The highest BCUT2D eigenvalue weighted by molar-refractivity contribution is 7.13. The fourth-order valence-corrected chi connectivity index (χ4v) is 2.34. The maximum absolute atomic E-state index is 11.8. The number of nitrogens with zero attached hydrogens (tertiary/aromatic N) is 1. The first-order valence-electron chi connectivity index (χ1n) is 6.68. The topological polar surface area (TPSA) is 75.7 Å². The number of rotatable bonds is 7. The molecule has 0 aliphatic heterocycles. The van der Waals surface area contributed by atoms with Crippen molar-refractivity contribution in [2.45, 2.75) is 20.3 Å². The van der Waals surface area contributed by atoms with Gasteiger partial charge in [0.05, 0.1) is 24.4 Å². The minimum absolute atomic E-state index is 0.0882. The van der Waals surface area contributed by atoms with Crippen molar-refractivity contribution in [1.29, 1.82) is 0 Å². The highest BCUT2D eigenvalue weighted by Gasteiger charge is 2.14. The largest absolute Gasteiger partial charge is 0.466 e. The lowest BCUT2D eigenvalue weighted by molar-refractivity contribution is -0.143. The Balaban J connectivity index is 2.32. The first-order valence-corrected chi connectivity index (χ1v) is 7.50. The lowest BCUT2D eigenvalue weighted by Gasteiger charge is -2.16. The summed E-state index contributed by atoms with van der Waals surface area (Å²) in [5.41, 5.74) is 0. The molecule has 0 bridgehead atoms. The van der Waals surface area contributed by atoms with Crippen molar-refractivity contribution in [2.24, 2.45) is 0 Å². The van der Waals surface area contributed by atoms with E-state index in [1.165, 1.54) is 16.2 Å². The van der Waals surface area contributed by atoms with Gasteiger partial charge in [0, 0.05) is 18.5 Å². The quantitative estimate of drug-likeness (QED) is 0.768. The van der Waals surface area contributed by atoms with E-state index in [1.54, 1.807) is 20.0 Å². The Labute approximate surface area is 128 Å². The number of nitrogens with one attached hydrogen (secondary N) is 1. The predicted octanol–water partition coefficient (Wildman–Crippen LogP) is 1.20. The van der Waals surface area contributed by atoms with E-state index in [-0.39, 0.29) is 37.3 Å². The van der Waals surface area contributed by atoms with E-state index in [0.717, 1.165) is 4.88 Å². The zero-order valence-electron chi connectivity index (χ0n) is 12.5. The van der Waals surface area contributed by atoms with Gasteiger partial charge in [-0.3, -0.25) is 14.4 Å². The standard InChI is InChI=1S/C14H20N2O4S/c1-4-20-13(18)7-8-16(3)12(17)9-15-14(19)11-6-5-10(2)21-11/h5-6H,4,7-9H2,1-3H3,(H,15,19). The van der Waals surface area contributed by atoms with E-state index in [0.29, 0.717) is 11.5 Å². The monoisotopic (exact) mass is 312 g/mol. The summed E-state index contributed by atoms with van der Waals surface area (Å²) in [5.74, 6) is -0.851. The molecule has 0 aromatic carbocycles. The summed E-state index contributed by atoms with van der Waals surface area (Å²) in [6.07, 6.45) is 0.147. The first kappa shape index (κ1) is 17.2. The SMILES string of the molecule is CCOC(=O)CCN(C)C(=O)CNC(=O)c1ccc(C)s1. The van der Waals surface area contributed by atoms with Crippen LogP contribution in [0.2, 0.25) is 0 Å². The predicted molar refractivity (Wildman–Crippen MR) is 80.3 cm³/mol. The molecule has 0 fully saturated rings. The molecule has 21 heavy (non-hydrogen) atoms. The normalized spacial score (nSPS) is 10.0. The van der Waals surface area contributed by atoms with Crippen LogP contribution in [0.25, 0.3) is 0 Å². The third kappa shape index (κ3) is 5.95. The second-order valence-electron chi connectivity index (χ2n) is 4.46. The molecular formula is C14H20N2O4S. The molecule has 2 amide bonds. The Hall–Kier alpha value is -1.89. The van der Waals surface area contributed by atoms with Crippen LogP contribution >= 0.6 is 11.3 Å². The highest BCUT2D eigenvalue weighted by atomic mass is 32.1. The zero-order chi connectivity index (χ0) is 15.8. The van der Waals surface area contributed by atoms with Crippen LogP contribution in [0, 0.1) is 6.92 Å². The molecule has 6 nitrogen and oxygen atoms in total. The number of amides is 2. The van der Waals surface area contributed by atoms with E-state index >= 15 is 0 Å². The fraction of sp³-hybridized carbons (Fsp3) is 0.500. The molecule has 0 unspecified atom stereocenters. The Bertz CT molecular complexity index is 513. The van der Waals surface area contributed by atoms with Gasteiger partial charge in [-0.2, -0.15) is 0 Å². The molecule has 0 atom stereocenters. The van der Waals surface area contributed by atoms with Crippen LogP contribution in [0.3, 0.4) is 0 Å². The van der Waals surface area contributed by atoms with Gasteiger partial charge in [-0.25, -0.2) is 0 Å². The highest BCUT2D eigenvalue weighted by Crippen LogP contribution is 2.14. The van der Waals surface area contributed by atoms with E-state index in [1.807, 2.05) is 13.0 Å². The summed E-state index contributed by atoms with van der Waals surface area (Å²) < 4.78 is 4.79. The Morgan fingerprint density at radius 1 is 1.33 bits per heavy atom. The van der Waals surface area contributed by atoms with Crippen molar-refractivity contribution >= 4 is 29.1 Å². The lowest BCUT2D eigenvalue weighted by atomic mass is 10.3. The third-order valence-electron chi connectivity index (χ3n) is 2.75.